The summed E-state index contributed by atoms with van der Waals surface area (Å²) < 4.78 is 69.2. The molecule has 2 fully saturated rings. The molecule has 0 radical (unpaired) electrons. The molecular weight excluding hydrogens is 415 g/mol. The van der Waals surface area contributed by atoms with Crippen molar-refractivity contribution in [3.05, 3.63) is 22.7 Å². The Bertz CT molecular complexity index is 827. The minimum Gasteiger partial charge on any atom is -0.299 e. The molecule has 0 aromatic carbocycles. The molecule has 2 aliphatic heterocycles. The van der Waals surface area contributed by atoms with Crippen molar-refractivity contribution < 1.29 is 21.6 Å². The summed E-state index contributed by atoms with van der Waals surface area (Å²) >= 11 is 4.97. The van der Waals surface area contributed by atoms with Crippen LogP contribution in [0.5, 0.6) is 0 Å². The molecule has 0 saturated carbocycles. The quantitative estimate of drug-likeness (QED) is 0.674. The van der Waals surface area contributed by atoms with Crippen molar-refractivity contribution in [2.75, 3.05) is 39.3 Å². The average Bonchev–Trinajstić information content (AvgIpc) is 2.93. The zero-order valence-corrected chi connectivity index (χ0v) is 17.1. The molecule has 3 heterocycles. The highest BCUT2D eigenvalue weighted by Gasteiger charge is 2.36. The molecule has 28 heavy (non-hydrogen) atoms. The second kappa shape index (κ2) is 8.74. The predicted octanol–water partition coefficient (Wildman–Crippen LogP) is 2.33. The Morgan fingerprint density at radius 2 is 1.54 bits per heavy atom. The Morgan fingerprint density at radius 1 is 0.964 bits per heavy atom. The van der Waals surface area contributed by atoms with Crippen LogP contribution in [0.15, 0.2) is 12.3 Å². The molecule has 7 nitrogen and oxygen atoms in total. The van der Waals surface area contributed by atoms with Gasteiger partial charge in [-0.15, -0.1) is 0 Å². The van der Waals surface area contributed by atoms with Gasteiger partial charge in [0.05, 0.1) is 6.67 Å². The van der Waals surface area contributed by atoms with Crippen molar-refractivity contribution in [2.24, 2.45) is 0 Å². The van der Waals surface area contributed by atoms with Crippen LogP contribution in [0.1, 0.15) is 31.4 Å². The zero-order valence-electron chi connectivity index (χ0n) is 15.4. The van der Waals surface area contributed by atoms with Gasteiger partial charge in [-0.05, 0) is 31.1 Å². The van der Waals surface area contributed by atoms with Crippen LogP contribution in [0.4, 0.5) is 13.2 Å². The van der Waals surface area contributed by atoms with Crippen LogP contribution in [0.3, 0.4) is 0 Å². The molecule has 2 saturated heterocycles. The Labute approximate surface area is 167 Å². The number of alkyl halides is 3. The maximum Gasteiger partial charge on any atom is 0.431 e. The minimum atomic E-state index is -4.53. The highest BCUT2D eigenvalue weighted by molar-refractivity contribution is 7.86. The highest BCUT2D eigenvalue weighted by Crippen LogP contribution is 2.29. The largest absolute Gasteiger partial charge is 0.431 e. The van der Waals surface area contributed by atoms with Crippen molar-refractivity contribution in [2.45, 2.75) is 38.5 Å². The number of nitrogens with zero attached hydrogens (tertiary/aromatic N) is 5. The molecule has 0 unspecified atom stereocenters. The van der Waals surface area contributed by atoms with E-state index in [1.54, 1.807) is 4.90 Å². The van der Waals surface area contributed by atoms with Gasteiger partial charge in [0.15, 0.2) is 0 Å². The summed E-state index contributed by atoms with van der Waals surface area (Å²) in [5, 5.41) is 0. The summed E-state index contributed by atoms with van der Waals surface area (Å²) in [6.45, 7) is 2.15. The van der Waals surface area contributed by atoms with Crippen molar-refractivity contribution in [3.8, 4) is 0 Å². The molecule has 3 rings (SSSR count). The third-order valence-electron chi connectivity index (χ3n) is 5.12. The van der Waals surface area contributed by atoms with Gasteiger partial charge in [0.1, 0.15) is 5.69 Å². The maximum absolute atomic E-state index is 13.2. The molecule has 12 heteroatoms. The maximum atomic E-state index is 13.2. The number of aromatic nitrogens is 2. The van der Waals surface area contributed by atoms with Crippen LogP contribution >= 0.6 is 12.2 Å². The van der Waals surface area contributed by atoms with Gasteiger partial charge >= 0.3 is 6.18 Å². The molecule has 0 spiro atoms. The van der Waals surface area contributed by atoms with E-state index in [-0.39, 0.29) is 24.5 Å². The molecule has 158 valence electrons. The Morgan fingerprint density at radius 3 is 2.11 bits per heavy atom. The fourth-order valence-corrected chi connectivity index (χ4v) is 5.44. The van der Waals surface area contributed by atoms with Gasteiger partial charge < -0.3 is 0 Å². The lowest BCUT2D eigenvalue weighted by molar-refractivity contribution is -0.145. The van der Waals surface area contributed by atoms with Crippen LogP contribution in [0, 0.1) is 4.77 Å². The van der Waals surface area contributed by atoms with Crippen molar-refractivity contribution in [1.29, 1.82) is 0 Å². The van der Waals surface area contributed by atoms with Gasteiger partial charge in [0.25, 0.3) is 10.2 Å². The molecule has 1 aromatic heterocycles. The van der Waals surface area contributed by atoms with E-state index in [2.05, 4.69) is 4.98 Å². The topological polar surface area (TPSA) is 61.7 Å². The van der Waals surface area contributed by atoms with Crippen LogP contribution in [-0.4, -0.2) is 70.7 Å². The first-order valence-electron chi connectivity index (χ1n) is 9.30. The van der Waals surface area contributed by atoms with E-state index in [4.69, 9.17) is 12.2 Å². The normalized spacial score (nSPS) is 21.5. The van der Waals surface area contributed by atoms with Gasteiger partial charge in [0.2, 0.25) is 4.77 Å². The second-order valence-electron chi connectivity index (χ2n) is 7.02. The van der Waals surface area contributed by atoms with E-state index in [0.717, 1.165) is 42.5 Å². The van der Waals surface area contributed by atoms with Crippen LogP contribution in [0.25, 0.3) is 0 Å². The van der Waals surface area contributed by atoms with Crippen molar-refractivity contribution in [3.63, 3.8) is 0 Å². The lowest BCUT2D eigenvalue weighted by Crippen LogP contribution is -2.53. The monoisotopic (exact) mass is 439 g/mol. The summed E-state index contributed by atoms with van der Waals surface area (Å²) in [6, 6.07) is 0.899. The van der Waals surface area contributed by atoms with E-state index < -0.39 is 22.1 Å². The van der Waals surface area contributed by atoms with Crippen LogP contribution in [-0.2, 0) is 23.1 Å². The highest BCUT2D eigenvalue weighted by atomic mass is 32.2. The average molecular weight is 440 g/mol. The first-order valence-corrected chi connectivity index (χ1v) is 11.1. The molecule has 1 aromatic rings. The van der Waals surface area contributed by atoms with Crippen LogP contribution in [0.2, 0.25) is 0 Å². The summed E-state index contributed by atoms with van der Waals surface area (Å²) in [6.07, 6.45) is 0.305. The third-order valence-corrected chi connectivity index (χ3v) is 7.48. The number of piperazine rings is 1. The molecule has 0 amide bonds. The summed E-state index contributed by atoms with van der Waals surface area (Å²) in [5.41, 5.74) is -0.855. The van der Waals surface area contributed by atoms with E-state index in [1.165, 1.54) is 8.61 Å². The number of hydrogen-bond acceptors (Lipinski definition) is 5. The number of rotatable bonds is 4. The number of halogens is 3. The Kier molecular flexibility index (Phi) is 6.75. The van der Waals surface area contributed by atoms with Gasteiger partial charge in [-0.1, -0.05) is 12.8 Å². The van der Waals surface area contributed by atoms with Crippen LogP contribution < -0.4 is 0 Å². The standard InChI is InChI=1S/C16H24F3N5O2S2/c17-16(18,19)14-5-6-20-15(27)24(14)13-21-9-11-23(12-10-21)28(25,26)22-7-3-1-2-4-8-22/h5-6H,1-4,7-13H2. The first kappa shape index (κ1) is 21.6. The molecule has 0 bridgehead atoms. The molecule has 0 aliphatic carbocycles. The smallest absolute Gasteiger partial charge is 0.299 e. The second-order valence-corrected chi connectivity index (χ2v) is 9.31. The molecular formula is C16H24F3N5O2S2. The van der Waals surface area contributed by atoms with Crippen molar-refractivity contribution in [1.82, 2.24) is 23.1 Å². The predicted molar refractivity (Wildman–Crippen MR) is 100 cm³/mol. The minimum absolute atomic E-state index is 0.0703. The number of hydrogen-bond donors (Lipinski definition) is 0. The summed E-state index contributed by atoms with van der Waals surface area (Å²) in [7, 11) is -3.52. The molecule has 2 aliphatic rings. The first-order chi connectivity index (χ1) is 13.2. The Hall–Kier alpha value is -1.08. The van der Waals surface area contributed by atoms with Gasteiger partial charge in [0, 0.05) is 45.5 Å². The zero-order chi connectivity index (χ0) is 20.4. The van der Waals surface area contributed by atoms with Crippen molar-refractivity contribution >= 4 is 22.4 Å². The summed E-state index contributed by atoms with van der Waals surface area (Å²) in [5.74, 6) is 0. The van der Waals surface area contributed by atoms with Gasteiger partial charge in [-0.3, -0.25) is 9.47 Å². The Balaban J connectivity index is 1.66. The lowest BCUT2D eigenvalue weighted by Gasteiger charge is -2.37. The van der Waals surface area contributed by atoms with E-state index >= 15 is 0 Å². The third kappa shape index (κ3) is 4.90. The molecule has 0 N–H and O–H groups in total. The van der Waals surface area contributed by atoms with E-state index in [1.807, 2.05) is 0 Å². The van der Waals surface area contributed by atoms with Gasteiger partial charge in [-0.25, -0.2) is 4.98 Å². The fourth-order valence-electron chi connectivity index (χ4n) is 3.56. The lowest BCUT2D eigenvalue weighted by atomic mass is 10.2. The fraction of sp³-hybridized carbons (Fsp3) is 0.750. The van der Waals surface area contributed by atoms with Gasteiger partial charge in [-0.2, -0.15) is 30.2 Å². The van der Waals surface area contributed by atoms with E-state index in [9.17, 15) is 21.6 Å². The SMILES string of the molecule is O=S(=O)(N1CCCCCC1)N1CCN(Cn2c(C(F)(F)F)ccnc2=S)CC1. The van der Waals surface area contributed by atoms with E-state index in [0.29, 0.717) is 26.2 Å². The molecule has 0 atom stereocenters. The summed E-state index contributed by atoms with van der Waals surface area (Å²) in [4.78, 5) is 5.55.